The maximum atomic E-state index is 12.5. The normalized spacial score (nSPS) is 10.9. The highest BCUT2D eigenvalue weighted by Gasteiger charge is 2.13. The van der Waals surface area contributed by atoms with Crippen molar-refractivity contribution in [2.75, 3.05) is 20.7 Å². The summed E-state index contributed by atoms with van der Waals surface area (Å²) in [5, 5.41) is 5.61. The van der Waals surface area contributed by atoms with E-state index in [1.807, 2.05) is 63.5 Å². The Kier molecular flexibility index (Phi) is 6.79. The predicted molar refractivity (Wildman–Crippen MR) is 114 cm³/mol. The summed E-state index contributed by atoms with van der Waals surface area (Å²) < 4.78 is 5.46. The first-order chi connectivity index (χ1) is 13.6. The van der Waals surface area contributed by atoms with E-state index in [1.54, 1.807) is 5.38 Å². The van der Waals surface area contributed by atoms with Crippen molar-refractivity contribution >= 4 is 17.2 Å². The molecule has 2 aromatic carbocycles. The monoisotopic (exact) mass is 395 g/mol. The van der Waals surface area contributed by atoms with Gasteiger partial charge in [-0.25, -0.2) is 4.98 Å². The molecule has 0 unspecified atom stereocenters. The summed E-state index contributed by atoms with van der Waals surface area (Å²) in [5.41, 5.74) is 3.75. The van der Waals surface area contributed by atoms with Crippen molar-refractivity contribution in [3.05, 3.63) is 70.7 Å². The van der Waals surface area contributed by atoms with E-state index in [0.717, 1.165) is 28.4 Å². The fourth-order valence-corrected chi connectivity index (χ4v) is 3.67. The average Bonchev–Trinajstić information content (AvgIpc) is 3.18. The highest BCUT2D eigenvalue weighted by atomic mass is 32.1. The third-order valence-corrected chi connectivity index (χ3v) is 5.08. The van der Waals surface area contributed by atoms with Crippen LogP contribution < -0.4 is 10.1 Å². The van der Waals surface area contributed by atoms with Crippen LogP contribution in [0.1, 0.15) is 28.5 Å². The molecule has 0 fully saturated rings. The Morgan fingerprint density at radius 1 is 1.11 bits per heavy atom. The molecule has 0 aliphatic rings. The van der Waals surface area contributed by atoms with Crippen molar-refractivity contribution in [3.8, 4) is 16.3 Å². The van der Waals surface area contributed by atoms with Crippen molar-refractivity contribution in [2.45, 2.75) is 20.0 Å². The molecule has 1 aromatic heterocycles. The topological polar surface area (TPSA) is 54.5 Å². The van der Waals surface area contributed by atoms with Gasteiger partial charge in [-0.3, -0.25) is 4.79 Å². The molecule has 1 heterocycles. The lowest BCUT2D eigenvalue weighted by Crippen LogP contribution is -2.24. The molecule has 0 bridgehead atoms. The third kappa shape index (κ3) is 5.18. The fraction of sp³-hybridized carbons (Fsp3) is 0.273. The van der Waals surface area contributed by atoms with Gasteiger partial charge < -0.3 is 15.0 Å². The molecule has 3 aromatic rings. The minimum atomic E-state index is -0.159. The van der Waals surface area contributed by atoms with Crippen LogP contribution >= 0.6 is 11.3 Å². The molecule has 0 saturated carbocycles. The van der Waals surface area contributed by atoms with Gasteiger partial charge in [0, 0.05) is 24.0 Å². The molecular formula is C22H25N3O2S. The quantitative estimate of drug-likeness (QED) is 0.621. The van der Waals surface area contributed by atoms with Crippen LogP contribution in [0.3, 0.4) is 0 Å². The van der Waals surface area contributed by atoms with Crippen LogP contribution in [0.2, 0.25) is 0 Å². The number of nitrogens with one attached hydrogen (secondary N) is 1. The molecule has 28 heavy (non-hydrogen) atoms. The number of rotatable bonds is 8. The zero-order chi connectivity index (χ0) is 19.9. The van der Waals surface area contributed by atoms with Crippen LogP contribution in [0.25, 0.3) is 10.6 Å². The van der Waals surface area contributed by atoms with Crippen molar-refractivity contribution in [1.29, 1.82) is 0 Å². The molecule has 1 N–H and O–H groups in total. The molecule has 3 rings (SSSR count). The van der Waals surface area contributed by atoms with Gasteiger partial charge in [-0.2, -0.15) is 0 Å². The van der Waals surface area contributed by atoms with Gasteiger partial charge in [0.25, 0.3) is 5.91 Å². The lowest BCUT2D eigenvalue weighted by Gasteiger charge is -2.14. The Hall–Kier alpha value is -2.70. The van der Waals surface area contributed by atoms with Gasteiger partial charge in [0.1, 0.15) is 16.5 Å². The van der Waals surface area contributed by atoms with E-state index in [4.69, 9.17) is 4.74 Å². The van der Waals surface area contributed by atoms with Crippen LogP contribution in [0, 0.1) is 0 Å². The van der Waals surface area contributed by atoms with Gasteiger partial charge in [0.05, 0.1) is 6.61 Å². The number of benzene rings is 2. The van der Waals surface area contributed by atoms with Crippen LogP contribution in [-0.4, -0.2) is 36.5 Å². The zero-order valence-electron chi connectivity index (χ0n) is 16.4. The van der Waals surface area contributed by atoms with Crippen molar-refractivity contribution in [1.82, 2.24) is 15.2 Å². The lowest BCUT2D eigenvalue weighted by molar-refractivity contribution is 0.0946. The summed E-state index contributed by atoms with van der Waals surface area (Å²) in [5.74, 6) is 0.672. The minimum absolute atomic E-state index is 0.159. The molecule has 0 radical (unpaired) electrons. The van der Waals surface area contributed by atoms with Gasteiger partial charge >= 0.3 is 0 Å². The van der Waals surface area contributed by atoms with Crippen LogP contribution in [0.4, 0.5) is 0 Å². The van der Waals surface area contributed by atoms with Gasteiger partial charge in [0.15, 0.2) is 0 Å². The Labute approximate surface area is 170 Å². The molecule has 146 valence electrons. The summed E-state index contributed by atoms with van der Waals surface area (Å²) >= 11 is 1.46. The van der Waals surface area contributed by atoms with Crippen LogP contribution in [-0.2, 0) is 13.1 Å². The second-order valence-electron chi connectivity index (χ2n) is 6.68. The molecule has 0 atom stereocenters. The molecule has 0 saturated heterocycles. The highest BCUT2D eigenvalue weighted by molar-refractivity contribution is 7.13. The Bertz CT molecular complexity index is 920. The van der Waals surface area contributed by atoms with E-state index in [2.05, 4.69) is 21.3 Å². The van der Waals surface area contributed by atoms with Crippen LogP contribution in [0.5, 0.6) is 5.75 Å². The lowest BCUT2D eigenvalue weighted by atomic mass is 10.1. The first-order valence-corrected chi connectivity index (χ1v) is 10.1. The molecule has 0 aliphatic carbocycles. The Morgan fingerprint density at radius 2 is 1.82 bits per heavy atom. The fourth-order valence-electron chi connectivity index (χ4n) is 2.86. The van der Waals surface area contributed by atoms with Crippen molar-refractivity contribution in [3.63, 3.8) is 0 Å². The third-order valence-electron chi connectivity index (χ3n) is 4.19. The summed E-state index contributed by atoms with van der Waals surface area (Å²) in [4.78, 5) is 19.1. The van der Waals surface area contributed by atoms with Crippen molar-refractivity contribution in [2.24, 2.45) is 0 Å². The van der Waals surface area contributed by atoms with E-state index < -0.39 is 0 Å². The second-order valence-corrected chi connectivity index (χ2v) is 7.54. The predicted octanol–water partition coefficient (Wildman–Crippen LogP) is 4.20. The number of nitrogens with zero attached hydrogens (tertiary/aromatic N) is 2. The van der Waals surface area contributed by atoms with Gasteiger partial charge in [0.2, 0.25) is 0 Å². The maximum Gasteiger partial charge on any atom is 0.271 e. The van der Waals surface area contributed by atoms with E-state index >= 15 is 0 Å². The number of amides is 1. The number of hydrogen-bond acceptors (Lipinski definition) is 5. The standard InChI is InChI=1S/C22H25N3O2S/c1-4-27-19-11-9-16(10-12-19)22-24-20(15-28-22)21(26)23-13-17-7-5-6-8-18(17)14-25(2)3/h5-12,15H,4,13-14H2,1-3H3,(H,23,26). The van der Waals surface area contributed by atoms with E-state index in [-0.39, 0.29) is 5.91 Å². The maximum absolute atomic E-state index is 12.5. The van der Waals surface area contributed by atoms with Gasteiger partial charge in [-0.1, -0.05) is 24.3 Å². The summed E-state index contributed by atoms with van der Waals surface area (Å²) in [6, 6.07) is 15.9. The number of ether oxygens (including phenoxy) is 1. The summed E-state index contributed by atoms with van der Waals surface area (Å²) in [6.45, 7) is 3.92. The average molecular weight is 396 g/mol. The molecule has 1 amide bonds. The first kappa shape index (κ1) is 20.0. The molecule has 0 aliphatic heterocycles. The Morgan fingerprint density at radius 3 is 2.50 bits per heavy atom. The van der Waals surface area contributed by atoms with E-state index in [9.17, 15) is 4.79 Å². The second kappa shape index (κ2) is 9.48. The number of carbonyl (C=O) groups is 1. The van der Waals surface area contributed by atoms with E-state index in [1.165, 1.54) is 16.9 Å². The van der Waals surface area contributed by atoms with E-state index in [0.29, 0.717) is 18.8 Å². The summed E-state index contributed by atoms with van der Waals surface area (Å²) in [6.07, 6.45) is 0. The molecule has 0 spiro atoms. The number of carbonyl (C=O) groups excluding carboxylic acids is 1. The SMILES string of the molecule is CCOc1ccc(-c2nc(C(=O)NCc3ccccc3CN(C)C)cs2)cc1. The van der Waals surface area contributed by atoms with Crippen molar-refractivity contribution < 1.29 is 9.53 Å². The summed E-state index contributed by atoms with van der Waals surface area (Å²) in [7, 11) is 4.07. The minimum Gasteiger partial charge on any atom is -0.494 e. The Balaban J connectivity index is 1.65. The number of aromatic nitrogens is 1. The van der Waals surface area contributed by atoms with Crippen LogP contribution in [0.15, 0.2) is 53.9 Å². The molecular weight excluding hydrogens is 370 g/mol. The van der Waals surface area contributed by atoms with Gasteiger partial charge in [-0.15, -0.1) is 11.3 Å². The number of thiazole rings is 1. The first-order valence-electron chi connectivity index (χ1n) is 9.25. The highest BCUT2D eigenvalue weighted by Crippen LogP contribution is 2.26. The molecule has 6 heteroatoms. The zero-order valence-corrected chi connectivity index (χ0v) is 17.3. The largest absolute Gasteiger partial charge is 0.494 e. The molecule has 5 nitrogen and oxygen atoms in total. The number of hydrogen-bond donors (Lipinski definition) is 1. The smallest absolute Gasteiger partial charge is 0.271 e. The van der Waals surface area contributed by atoms with Gasteiger partial charge in [-0.05, 0) is 56.4 Å².